The highest BCUT2D eigenvalue weighted by Gasteiger charge is 2.18. The van der Waals surface area contributed by atoms with Crippen LogP contribution in [0.15, 0.2) is 23.8 Å². The molecule has 0 fully saturated rings. The van der Waals surface area contributed by atoms with Crippen molar-refractivity contribution >= 4 is 17.1 Å². The lowest BCUT2D eigenvalue weighted by molar-refractivity contribution is 0.0971. The molecule has 3 nitrogen and oxygen atoms in total. The zero-order valence-electron chi connectivity index (χ0n) is 8.64. The minimum atomic E-state index is 0.226. The molecular weight excluding hydrogens is 220 g/mol. The Labute approximate surface area is 97.2 Å². The Kier molecular flexibility index (Phi) is 2.29. The molecule has 2 heterocycles. The number of aromatic nitrogens is 2. The van der Waals surface area contributed by atoms with Gasteiger partial charge in [0.1, 0.15) is 0 Å². The minimum absolute atomic E-state index is 0.226. The zero-order valence-corrected chi connectivity index (χ0v) is 9.46. The number of pyridine rings is 1. The van der Waals surface area contributed by atoms with Crippen molar-refractivity contribution < 1.29 is 4.79 Å². The van der Waals surface area contributed by atoms with Gasteiger partial charge in [0, 0.05) is 18.2 Å². The van der Waals surface area contributed by atoms with Gasteiger partial charge in [-0.2, -0.15) is 0 Å². The number of carbonyl (C=O) groups excluding carboxylic acids is 1. The third-order valence-electron chi connectivity index (χ3n) is 2.78. The summed E-state index contributed by atoms with van der Waals surface area (Å²) in [6.07, 6.45) is 4.30. The Balaban J connectivity index is 2.08. The normalized spacial score (nSPS) is 14.9. The molecule has 0 atom stereocenters. The fourth-order valence-electron chi connectivity index (χ4n) is 1.98. The number of hydrogen-bond acceptors (Lipinski definition) is 4. The molecule has 2 aromatic heterocycles. The van der Waals surface area contributed by atoms with E-state index in [1.807, 2.05) is 18.3 Å². The highest BCUT2D eigenvalue weighted by Crippen LogP contribution is 2.26. The first-order valence-corrected chi connectivity index (χ1v) is 6.14. The van der Waals surface area contributed by atoms with Gasteiger partial charge in [-0.3, -0.25) is 14.8 Å². The number of rotatable bonds is 1. The fraction of sp³-hybridized carbons (Fsp3) is 0.250. The van der Waals surface area contributed by atoms with Crippen molar-refractivity contribution in [3.8, 4) is 10.6 Å². The third kappa shape index (κ3) is 1.55. The van der Waals surface area contributed by atoms with Crippen LogP contribution in [0.1, 0.15) is 28.9 Å². The molecule has 0 unspecified atom stereocenters. The topological polar surface area (TPSA) is 42.9 Å². The summed E-state index contributed by atoms with van der Waals surface area (Å²) in [4.78, 5) is 21.3. The summed E-state index contributed by atoms with van der Waals surface area (Å²) >= 11 is 1.57. The van der Waals surface area contributed by atoms with Crippen LogP contribution in [0.5, 0.6) is 0 Å². The van der Waals surface area contributed by atoms with Crippen LogP contribution in [-0.2, 0) is 6.42 Å². The van der Waals surface area contributed by atoms with Crippen LogP contribution in [0, 0.1) is 0 Å². The molecule has 0 saturated carbocycles. The summed E-state index contributed by atoms with van der Waals surface area (Å²) in [5, 5.41) is 0. The second-order valence-electron chi connectivity index (χ2n) is 3.83. The standard InChI is InChI=1S/C12H10N2OS/c15-11-3-1-2-9-8(11)4-5-10(14-9)12-6-13-7-16-12/h4-7H,1-3H2. The third-order valence-corrected chi connectivity index (χ3v) is 3.57. The lowest BCUT2D eigenvalue weighted by Gasteiger charge is -2.13. The number of ketones is 1. The molecular formula is C12H10N2OS. The first kappa shape index (κ1) is 9.66. The Morgan fingerprint density at radius 3 is 3.00 bits per heavy atom. The second-order valence-corrected chi connectivity index (χ2v) is 4.72. The van der Waals surface area contributed by atoms with Crippen LogP contribution in [-0.4, -0.2) is 15.8 Å². The molecule has 3 rings (SSSR count). The molecule has 0 saturated heterocycles. The summed E-state index contributed by atoms with van der Waals surface area (Å²) in [7, 11) is 0. The van der Waals surface area contributed by atoms with E-state index in [2.05, 4.69) is 9.97 Å². The van der Waals surface area contributed by atoms with E-state index in [4.69, 9.17) is 0 Å². The van der Waals surface area contributed by atoms with Crippen LogP contribution in [0.3, 0.4) is 0 Å². The summed E-state index contributed by atoms with van der Waals surface area (Å²) in [6.45, 7) is 0. The van der Waals surface area contributed by atoms with Crippen molar-refractivity contribution in [2.45, 2.75) is 19.3 Å². The lowest BCUT2D eigenvalue weighted by Crippen LogP contribution is -2.12. The molecule has 0 bridgehead atoms. The first-order chi connectivity index (χ1) is 7.84. The largest absolute Gasteiger partial charge is 0.294 e. The molecule has 0 radical (unpaired) electrons. The molecule has 0 aliphatic heterocycles. The molecule has 0 aromatic carbocycles. The molecule has 2 aromatic rings. The predicted octanol–water partition coefficient (Wildman–Crippen LogP) is 2.72. The van der Waals surface area contributed by atoms with E-state index in [1.54, 1.807) is 16.8 Å². The van der Waals surface area contributed by atoms with Crippen LogP contribution in [0.4, 0.5) is 0 Å². The maximum Gasteiger partial charge on any atom is 0.164 e. The van der Waals surface area contributed by atoms with Gasteiger partial charge in [0.05, 0.1) is 21.8 Å². The summed E-state index contributed by atoms with van der Waals surface area (Å²) in [6, 6.07) is 3.81. The molecule has 4 heteroatoms. The van der Waals surface area contributed by atoms with E-state index >= 15 is 0 Å². The average molecular weight is 230 g/mol. The van der Waals surface area contributed by atoms with Crippen LogP contribution in [0.2, 0.25) is 0 Å². The van der Waals surface area contributed by atoms with Crippen molar-refractivity contribution in [3.63, 3.8) is 0 Å². The summed E-state index contributed by atoms with van der Waals surface area (Å²) in [5.41, 5.74) is 4.47. The van der Waals surface area contributed by atoms with E-state index in [-0.39, 0.29) is 5.78 Å². The van der Waals surface area contributed by atoms with Crippen LogP contribution < -0.4 is 0 Å². The van der Waals surface area contributed by atoms with Crippen LogP contribution >= 0.6 is 11.3 Å². The fourth-order valence-corrected chi connectivity index (χ4v) is 2.57. The van der Waals surface area contributed by atoms with Crippen molar-refractivity contribution in [2.75, 3.05) is 0 Å². The second kappa shape index (κ2) is 3.79. The molecule has 0 amide bonds. The van der Waals surface area contributed by atoms with Gasteiger partial charge in [-0.15, -0.1) is 11.3 Å². The SMILES string of the molecule is O=C1CCCc2nc(-c3cncs3)ccc21. The van der Waals surface area contributed by atoms with Gasteiger partial charge in [-0.05, 0) is 25.0 Å². The van der Waals surface area contributed by atoms with E-state index in [9.17, 15) is 4.79 Å². The zero-order chi connectivity index (χ0) is 11.0. The Morgan fingerprint density at radius 2 is 2.19 bits per heavy atom. The van der Waals surface area contributed by atoms with Crippen molar-refractivity contribution in [2.24, 2.45) is 0 Å². The Bertz CT molecular complexity index is 534. The molecule has 1 aliphatic carbocycles. The number of hydrogen-bond donors (Lipinski definition) is 0. The summed E-state index contributed by atoms with van der Waals surface area (Å²) < 4.78 is 0. The quantitative estimate of drug-likeness (QED) is 0.756. The maximum absolute atomic E-state index is 11.6. The molecule has 16 heavy (non-hydrogen) atoms. The molecule has 0 N–H and O–H groups in total. The minimum Gasteiger partial charge on any atom is -0.294 e. The number of carbonyl (C=O) groups is 1. The van der Waals surface area contributed by atoms with Gasteiger partial charge in [-0.25, -0.2) is 0 Å². The van der Waals surface area contributed by atoms with Gasteiger partial charge < -0.3 is 0 Å². The van der Waals surface area contributed by atoms with Gasteiger partial charge in [0.25, 0.3) is 0 Å². The van der Waals surface area contributed by atoms with Crippen LogP contribution in [0.25, 0.3) is 10.6 Å². The molecule has 80 valence electrons. The number of thiazole rings is 1. The smallest absolute Gasteiger partial charge is 0.164 e. The first-order valence-electron chi connectivity index (χ1n) is 5.26. The van der Waals surface area contributed by atoms with Gasteiger partial charge in [-0.1, -0.05) is 0 Å². The summed E-state index contributed by atoms with van der Waals surface area (Å²) in [5.74, 6) is 0.226. The maximum atomic E-state index is 11.6. The number of nitrogens with zero attached hydrogens (tertiary/aromatic N) is 2. The van der Waals surface area contributed by atoms with E-state index in [0.29, 0.717) is 6.42 Å². The monoisotopic (exact) mass is 230 g/mol. The highest BCUT2D eigenvalue weighted by atomic mass is 32.1. The Morgan fingerprint density at radius 1 is 1.25 bits per heavy atom. The van der Waals surface area contributed by atoms with Crippen molar-refractivity contribution in [1.82, 2.24) is 9.97 Å². The Hall–Kier alpha value is -1.55. The predicted molar refractivity (Wildman–Crippen MR) is 62.6 cm³/mol. The van der Waals surface area contributed by atoms with Gasteiger partial charge in [0.2, 0.25) is 0 Å². The average Bonchev–Trinajstić information content (AvgIpc) is 2.82. The molecule has 0 spiro atoms. The van der Waals surface area contributed by atoms with E-state index in [0.717, 1.165) is 34.7 Å². The van der Waals surface area contributed by atoms with Crippen molar-refractivity contribution in [3.05, 3.63) is 35.1 Å². The number of fused-ring (bicyclic) bond motifs is 1. The lowest BCUT2D eigenvalue weighted by atomic mass is 9.94. The van der Waals surface area contributed by atoms with Gasteiger partial charge >= 0.3 is 0 Å². The molecule has 1 aliphatic rings. The van der Waals surface area contributed by atoms with E-state index in [1.165, 1.54) is 0 Å². The number of Topliss-reactive ketones (excluding diaryl/α,β-unsaturated/α-hetero) is 1. The van der Waals surface area contributed by atoms with E-state index < -0.39 is 0 Å². The highest BCUT2D eigenvalue weighted by molar-refractivity contribution is 7.13. The number of aryl methyl sites for hydroxylation is 1. The van der Waals surface area contributed by atoms with Crippen molar-refractivity contribution in [1.29, 1.82) is 0 Å². The van der Waals surface area contributed by atoms with Gasteiger partial charge in [0.15, 0.2) is 5.78 Å².